The molecule has 0 fully saturated rings. The molecule has 6 nitrogen and oxygen atoms in total. The van der Waals surface area contributed by atoms with E-state index in [9.17, 15) is 9.59 Å². The Labute approximate surface area is 181 Å². The van der Waals surface area contributed by atoms with E-state index in [1.54, 1.807) is 54.4 Å². The van der Waals surface area contributed by atoms with Crippen molar-refractivity contribution in [3.63, 3.8) is 0 Å². The van der Waals surface area contributed by atoms with E-state index < -0.39 is 0 Å². The Morgan fingerprint density at radius 1 is 1.10 bits per heavy atom. The van der Waals surface area contributed by atoms with Crippen molar-refractivity contribution < 1.29 is 9.53 Å². The van der Waals surface area contributed by atoms with Crippen LogP contribution in [-0.4, -0.2) is 40.8 Å². The SMILES string of the molecule is CCCCCn1nc(C(=O)N(C)CCOc2ccc(Cl)cc2)c2ccccc2c1=O. The lowest BCUT2D eigenvalue weighted by Crippen LogP contribution is -2.34. The number of aromatic nitrogens is 2. The molecule has 1 heterocycles. The molecule has 0 atom stereocenters. The zero-order chi connectivity index (χ0) is 21.5. The maximum Gasteiger partial charge on any atom is 0.274 e. The number of hydrogen-bond acceptors (Lipinski definition) is 4. The molecule has 158 valence electrons. The number of aryl methyl sites for hydroxylation is 1. The molecule has 0 saturated heterocycles. The Hall–Kier alpha value is -2.86. The molecule has 0 saturated carbocycles. The van der Waals surface area contributed by atoms with E-state index in [1.165, 1.54) is 4.68 Å². The first kappa shape index (κ1) is 21.8. The number of carbonyl (C=O) groups is 1. The Morgan fingerprint density at radius 2 is 1.80 bits per heavy atom. The van der Waals surface area contributed by atoms with E-state index >= 15 is 0 Å². The highest BCUT2D eigenvalue weighted by Gasteiger charge is 2.19. The van der Waals surface area contributed by atoms with Crippen LogP contribution < -0.4 is 10.3 Å². The van der Waals surface area contributed by atoms with Gasteiger partial charge in [-0.3, -0.25) is 9.59 Å². The van der Waals surface area contributed by atoms with E-state index in [4.69, 9.17) is 16.3 Å². The number of carbonyl (C=O) groups excluding carboxylic acids is 1. The highest BCUT2D eigenvalue weighted by Crippen LogP contribution is 2.17. The zero-order valence-corrected chi connectivity index (χ0v) is 18.1. The normalized spacial score (nSPS) is 10.9. The molecule has 0 spiro atoms. The monoisotopic (exact) mass is 427 g/mol. The maximum atomic E-state index is 13.1. The molecule has 0 aliphatic rings. The third kappa shape index (κ3) is 5.19. The molecule has 30 heavy (non-hydrogen) atoms. The van der Waals surface area contributed by atoms with Crippen LogP contribution in [0.1, 0.15) is 36.7 Å². The lowest BCUT2D eigenvalue weighted by molar-refractivity contribution is 0.0767. The van der Waals surface area contributed by atoms with Crippen molar-refractivity contribution in [1.29, 1.82) is 0 Å². The van der Waals surface area contributed by atoms with Crippen molar-refractivity contribution in [3.05, 3.63) is 69.6 Å². The van der Waals surface area contributed by atoms with E-state index in [2.05, 4.69) is 12.0 Å². The number of rotatable bonds is 9. The summed E-state index contributed by atoms with van der Waals surface area (Å²) >= 11 is 5.88. The van der Waals surface area contributed by atoms with Gasteiger partial charge in [-0.25, -0.2) is 4.68 Å². The summed E-state index contributed by atoms with van der Waals surface area (Å²) in [7, 11) is 1.70. The molecule has 1 amide bonds. The van der Waals surface area contributed by atoms with E-state index in [0.29, 0.717) is 41.2 Å². The summed E-state index contributed by atoms with van der Waals surface area (Å²) in [5.74, 6) is 0.448. The fourth-order valence-corrected chi connectivity index (χ4v) is 3.30. The molecule has 0 aliphatic heterocycles. The first-order valence-electron chi connectivity index (χ1n) is 10.1. The third-order valence-corrected chi connectivity index (χ3v) is 5.15. The van der Waals surface area contributed by atoms with Crippen LogP contribution >= 0.6 is 11.6 Å². The molecule has 1 aromatic heterocycles. The largest absolute Gasteiger partial charge is 0.492 e. The molecule has 0 radical (unpaired) electrons. The van der Waals surface area contributed by atoms with Gasteiger partial charge in [0.05, 0.1) is 11.9 Å². The van der Waals surface area contributed by atoms with Crippen LogP contribution in [0.4, 0.5) is 0 Å². The van der Waals surface area contributed by atoms with Crippen molar-refractivity contribution in [2.45, 2.75) is 32.7 Å². The van der Waals surface area contributed by atoms with Gasteiger partial charge in [-0.15, -0.1) is 0 Å². The molecule has 0 aliphatic carbocycles. The van der Waals surface area contributed by atoms with Crippen LogP contribution in [0.15, 0.2) is 53.3 Å². The minimum Gasteiger partial charge on any atom is -0.492 e. The number of amides is 1. The van der Waals surface area contributed by atoms with Gasteiger partial charge in [0.2, 0.25) is 0 Å². The van der Waals surface area contributed by atoms with Crippen molar-refractivity contribution in [2.75, 3.05) is 20.2 Å². The number of ether oxygens (including phenoxy) is 1. The molecule has 0 bridgehead atoms. The number of benzene rings is 2. The second kappa shape index (κ2) is 10.3. The summed E-state index contributed by atoms with van der Waals surface area (Å²) in [6.07, 6.45) is 2.90. The average molecular weight is 428 g/mol. The molecule has 0 unspecified atom stereocenters. The number of unbranched alkanes of at least 4 members (excludes halogenated alkanes) is 2. The summed E-state index contributed by atoms with van der Waals surface area (Å²) in [5, 5.41) is 6.15. The smallest absolute Gasteiger partial charge is 0.274 e. The number of nitrogens with zero attached hydrogens (tertiary/aromatic N) is 3. The fourth-order valence-electron chi connectivity index (χ4n) is 3.17. The summed E-state index contributed by atoms with van der Waals surface area (Å²) in [5.41, 5.74) is 0.127. The zero-order valence-electron chi connectivity index (χ0n) is 17.3. The second-order valence-corrected chi connectivity index (χ2v) is 7.60. The lowest BCUT2D eigenvalue weighted by atomic mass is 10.1. The first-order chi connectivity index (χ1) is 14.5. The fraction of sp³-hybridized carbons (Fsp3) is 0.348. The Balaban J connectivity index is 1.77. The summed E-state index contributed by atoms with van der Waals surface area (Å²) < 4.78 is 7.11. The van der Waals surface area contributed by atoms with Gasteiger partial charge in [-0.1, -0.05) is 49.6 Å². The van der Waals surface area contributed by atoms with Crippen molar-refractivity contribution in [1.82, 2.24) is 14.7 Å². The first-order valence-corrected chi connectivity index (χ1v) is 10.5. The van der Waals surface area contributed by atoms with Gasteiger partial charge < -0.3 is 9.64 Å². The molecule has 3 rings (SSSR count). The number of fused-ring (bicyclic) bond motifs is 1. The lowest BCUT2D eigenvalue weighted by Gasteiger charge is -2.19. The van der Waals surface area contributed by atoms with Gasteiger partial charge in [0.1, 0.15) is 12.4 Å². The summed E-state index contributed by atoms with van der Waals surface area (Å²) in [6, 6.07) is 14.2. The number of hydrogen-bond donors (Lipinski definition) is 0. The quantitative estimate of drug-likeness (QED) is 0.475. The van der Waals surface area contributed by atoms with Gasteiger partial charge in [0.25, 0.3) is 11.5 Å². The third-order valence-electron chi connectivity index (χ3n) is 4.90. The van der Waals surface area contributed by atoms with Crippen molar-refractivity contribution in [3.8, 4) is 5.75 Å². The minimum atomic E-state index is -0.241. The van der Waals surface area contributed by atoms with Gasteiger partial charge in [0.15, 0.2) is 5.69 Å². The number of halogens is 1. The van der Waals surface area contributed by atoms with Crippen LogP contribution in [0.25, 0.3) is 10.8 Å². The average Bonchev–Trinajstić information content (AvgIpc) is 2.76. The van der Waals surface area contributed by atoms with Crippen LogP contribution in [0.2, 0.25) is 5.02 Å². The van der Waals surface area contributed by atoms with E-state index in [0.717, 1.165) is 19.3 Å². The maximum absolute atomic E-state index is 13.1. The predicted molar refractivity (Wildman–Crippen MR) is 119 cm³/mol. The Morgan fingerprint density at radius 3 is 2.50 bits per heavy atom. The highest BCUT2D eigenvalue weighted by atomic mass is 35.5. The molecule has 0 N–H and O–H groups in total. The van der Waals surface area contributed by atoms with Crippen molar-refractivity contribution in [2.24, 2.45) is 0 Å². The van der Waals surface area contributed by atoms with Gasteiger partial charge in [0, 0.05) is 24.0 Å². The van der Waals surface area contributed by atoms with Gasteiger partial charge in [-0.05, 0) is 36.8 Å². The summed E-state index contributed by atoms with van der Waals surface area (Å²) in [4.78, 5) is 27.4. The highest BCUT2D eigenvalue weighted by molar-refractivity contribution is 6.30. The van der Waals surface area contributed by atoms with Gasteiger partial charge >= 0.3 is 0 Å². The molecule has 7 heteroatoms. The topological polar surface area (TPSA) is 64.4 Å². The molecule has 3 aromatic rings. The second-order valence-electron chi connectivity index (χ2n) is 7.16. The van der Waals surface area contributed by atoms with Gasteiger partial charge in [-0.2, -0.15) is 5.10 Å². The minimum absolute atomic E-state index is 0.160. The van der Waals surface area contributed by atoms with E-state index in [1.807, 2.05) is 6.07 Å². The molecular weight excluding hydrogens is 402 g/mol. The summed E-state index contributed by atoms with van der Waals surface area (Å²) in [6.45, 7) is 3.32. The van der Waals surface area contributed by atoms with Crippen LogP contribution in [0.3, 0.4) is 0 Å². The van der Waals surface area contributed by atoms with Crippen LogP contribution in [-0.2, 0) is 6.54 Å². The number of likely N-dealkylation sites (N-methyl/N-ethyl adjacent to an activating group) is 1. The Kier molecular flexibility index (Phi) is 7.46. The molecular formula is C23H26ClN3O3. The predicted octanol–water partition coefficient (Wildman–Crippen LogP) is 4.39. The van der Waals surface area contributed by atoms with Crippen LogP contribution in [0.5, 0.6) is 5.75 Å². The standard InChI is InChI=1S/C23H26ClN3O3/c1-3-4-7-14-27-22(28)20-9-6-5-8-19(20)21(25-27)23(29)26(2)15-16-30-18-12-10-17(24)11-13-18/h5-6,8-13H,3-4,7,14-16H2,1-2H3. The van der Waals surface area contributed by atoms with Crippen molar-refractivity contribution >= 4 is 28.3 Å². The Bertz CT molecular complexity index is 1060. The van der Waals surface area contributed by atoms with E-state index in [-0.39, 0.29) is 17.2 Å². The van der Waals surface area contributed by atoms with Crippen LogP contribution in [0, 0.1) is 0 Å². The molecule has 2 aromatic carbocycles.